The molecule has 0 amide bonds. The Morgan fingerprint density at radius 2 is 2.14 bits per heavy atom. The van der Waals surface area contributed by atoms with Gasteiger partial charge in [-0.3, -0.25) is 10.1 Å². The van der Waals surface area contributed by atoms with Crippen LogP contribution in [0.5, 0.6) is 5.75 Å². The summed E-state index contributed by atoms with van der Waals surface area (Å²) in [6.45, 7) is 1.75. The minimum absolute atomic E-state index is 0.0997. The molecule has 21 heavy (non-hydrogen) atoms. The summed E-state index contributed by atoms with van der Waals surface area (Å²) in [5, 5.41) is 21.0. The first-order chi connectivity index (χ1) is 9.88. The Balaban J connectivity index is 2.37. The standard InChI is InChI=1S/C13H11Br2NO4S/c1-7(17)10-4-8(14)5-11(16(18)19)13(10)20-6-9-2-3-12(15)21-9/h2-5,7,17H,6H2,1H3. The highest BCUT2D eigenvalue weighted by Crippen LogP contribution is 2.38. The van der Waals surface area contributed by atoms with Crippen LogP contribution in [0.1, 0.15) is 23.5 Å². The zero-order valence-corrected chi connectivity index (χ0v) is 14.9. The van der Waals surface area contributed by atoms with E-state index in [9.17, 15) is 15.2 Å². The van der Waals surface area contributed by atoms with Gasteiger partial charge in [0.1, 0.15) is 6.61 Å². The molecule has 5 nitrogen and oxygen atoms in total. The molecule has 0 aliphatic heterocycles. The molecule has 0 bridgehead atoms. The van der Waals surface area contributed by atoms with Gasteiger partial charge in [-0.25, -0.2) is 0 Å². The van der Waals surface area contributed by atoms with Crippen LogP contribution in [0.15, 0.2) is 32.5 Å². The molecule has 2 aromatic rings. The van der Waals surface area contributed by atoms with Crippen LogP contribution in [0.4, 0.5) is 5.69 Å². The lowest BCUT2D eigenvalue weighted by atomic mass is 10.1. The number of rotatable bonds is 5. The highest BCUT2D eigenvalue weighted by molar-refractivity contribution is 9.11. The van der Waals surface area contributed by atoms with Crippen molar-refractivity contribution in [2.24, 2.45) is 0 Å². The monoisotopic (exact) mass is 435 g/mol. The van der Waals surface area contributed by atoms with Crippen LogP contribution in [0.3, 0.4) is 0 Å². The maximum absolute atomic E-state index is 11.2. The molecule has 0 spiro atoms. The molecule has 0 aliphatic rings. The predicted molar refractivity (Wildman–Crippen MR) is 87.8 cm³/mol. The van der Waals surface area contributed by atoms with Gasteiger partial charge in [0.15, 0.2) is 0 Å². The van der Waals surface area contributed by atoms with Crippen LogP contribution < -0.4 is 4.74 Å². The Bertz CT molecular complexity index is 672. The third kappa shape index (κ3) is 4.03. The maximum atomic E-state index is 11.2. The fourth-order valence-corrected chi connectivity index (χ4v) is 3.64. The van der Waals surface area contributed by atoms with Crippen molar-refractivity contribution in [2.45, 2.75) is 19.6 Å². The topological polar surface area (TPSA) is 72.6 Å². The van der Waals surface area contributed by atoms with E-state index in [0.717, 1.165) is 8.66 Å². The Labute approximate surface area is 142 Å². The highest BCUT2D eigenvalue weighted by atomic mass is 79.9. The van der Waals surface area contributed by atoms with Crippen LogP contribution in [-0.2, 0) is 6.61 Å². The number of thiophene rings is 1. The van der Waals surface area contributed by atoms with Crippen LogP contribution >= 0.6 is 43.2 Å². The van der Waals surface area contributed by atoms with Crippen molar-refractivity contribution in [1.29, 1.82) is 0 Å². The Hall–Kier alpha value is -0.960. The van der Waals surface area contributed by atoms with Gasteiger partial charge in [-0.1, -0.05) is 15.9 Å². The van der Waals surface area contributed by atoms with Gasteiger partial charge in [-0.15, -0.1) is 11.3 Å². The maximum Gasteiger partial charge on any atom is 0.312 e. The first-order valence-corrected chi connectivity index (χ1v) is 8.31. The largest absolute Gasteiger partial charge is 0.481 e. The molecule has 1 heterocycles. The van der Waals surface area contributed by atoms with Gasteiger partial charge in [0, 0.05) is 21.0 Å². The zero-order chi connectivity index (χ0) is 15.6. The molecular formula is C13H11Br2NO4S. The van der Waals surface area contributed by atoms with E-state index in [4.69, 9.17) is 4.74 Å². The second-order valence-electron chi connectivity index (χ2n) is 4.27. The van der Waals surface area contributed by atoms with E-state index in [1.165, 1.54) is 17.4 Å². The smallest absolute Gasteiger partial charge is 0.312 e. The lowest BCUT2D eigenvalue weighted by Gasteiger charge is -2.13. The van der Waals surface area contributed by atoms with Gasteiger partial charge < -0.3 is 9.84 Å². The number of benzene rings is 1. The number of aliphatic hydroxyl groups is 1. The number of hydrogen-bond acceptors (Lipinski definition) is 5. The number of ether oxygens (including phenoxy) is 1. The van der Waals surface area contributed by atoms with E-state index in [2.05, 4.69) is 31.9 Å². The fourth-order valence-electron chi connectivity index (χ4n) is 1.78. The van der Waals surface area contributed by atoms with E-state index >= 15 is 0 Å². The average Bonchev–Trinajstić information content (AvgIpc) is 2.81. The Morgan fingerprint density at radius 1 is 1.43 bits per heavy atom. The second-order valence-corrected chi connectivity index (χ2v) is 7.73. The van der Waals surface area contributed by atoms with Gasteiger partial charge in [-0.05, 0) is 41.1 Å². The quantitative estimate of drug-likeness (QED) is 0.538. The number of nitro benzene ring substituents is 1. The molecule has 2 rings (SSSR count). The number of nitro groups is 1. The summed E-state index contributed by atoms with van der Waals surface area (Å²) in [4.78, 5) is 11.6. The first kappa shape index (κ1) is 16.4. The predicted octanol–water partition coefficient (Wildman–Crippen LogP) is 4.81. The van der Waals surface area contributed by atoms with E-state index in [1.807, 2.05) is 12.1 Å². The molecule has 1 aromatic heterocycles. The van der Waals surface area contributed by atoms with Crippen molar-refractivity contribution in [1.82, 2.24) is 0 Å². The number of aliphatic hydroxyl groups excluding tert-OH is 1. The molecule has 1 aromatic carbocycles. The van der Waals surface area contributed by atoms with E-state index in [1.54, 1.807) is 13.0 Å². The van der Waals surface area contributed by atoms with Gasteiger partial charge in [0.25, 0.3) is 0 Å². The van der Waals surface area contributed by atoms with Crippen LogP contribution in [0.25, 0.3) is 0 Å². The SMILES string of the molecule is CC(O)c1cc(Br)cc([N+](=O)[O-])c1OCc1ccc(Br)s1. The van der Waals surface area contributed by atoms with Gasteiger partial charge >= 0.3 is 5.69 Å². The number of nitrogens with zero attached hydrogens (tertiary/aromatic N) is 1. The molecule has 1 N–H and O–H groups in total. The minimum Gasteiger partial charge on any atom is -0.481 e. The highest BCUT2D eigenvalue weighted by Gasteiger charge is 2.23. The third-order valence-electron chi connectivity index (χ3n) is 2.70. The molecule has 0 saturated carbocycles. The van der Waals surface area contributed by atoms with Crippen LogP contribution in [0, 0.1) is 10.1 Å². The zero-order valence-electron chi connectivity index (χ0n) is 10.9. The van der Waals surface area contributed by atoms with Crippen LogP contribution in [0.2, 0.25) is 0 Å². The molecule has 1 atom stereocenters. The van der Waals surface area contributed by atoms with Crippen molar-refractivity contribution >= 4 is 48.9 Å². The number of hydrogen-bond donors (Lipinski definition) is 1. The van der Waals surface area contributed by atoms with Crippen molar-refractivity contribution < 1.29 is 14.8 Å². The average molecular weight is 437 g/mol. The second kappa shape index (κ2) is 6.87. The van der Waals surface area contributed by atoms with Crippen molar-refractivity contribution in [3.63, 3.8) is 0 Å². The molecule has 1 unspecified atom stereocenters. The lowest BCUT2D eigenvalue weighted by Crippen LogP contribution is -2.04. The summed E-state index contributed by atoms with van der Waals surface area (Å²) in [6, 6.07) is 6.75. The number of halogens is 2. The van der Waals surface area contributed by atoms with Gasteiger partial charge in [0.05, 0.1) is 14.8 Å². The summed E-state index contributed by atoms with van der Waals surface area (Å²) < 4.78 is 7.10. The third-order valence-corrected chi connectivity index (χ3v) is 4.75. The molecule has 0 saturated heterocycles. The summed E-state index contributed by atoms with van der Waals surface area (Å²) in [6.07, 6.45) is -0.869. The molecule has 0 radical (unpaired) electrons. The molecule has 112 valence electrons. The lowest BCUT2D eigenvalue weighted by molar-refractivity contribution is -0.386. The molecule has 8 heteroatoms. The summed E-state index contributed by atoms with van der Waals surface area (Å²) in [7, 11) is 0. The Kier molecular flexibility index (Phi) is 5.37. The normalized spacial score (nSPS) is 12.2. The van der Waals surface area contributed by atoms with Crippen molar-refractivity contribution in [2.75, 3.05) is 0 Å². The summed E-state index contributed by atoms with van der Waals surface area (Å²) >= 11 is 8.05. The van der Waals surface area contributed by atoms with Gasteiger partial charge in [-0.2, -0.15) is 0 Å². The first-order valence-electron chi connectivity index (χ1n) is 5.91. The van der Waals surface area contributed by atoms with Crippen LogP contribution in [-0.4, -0.2) is 10.0 Å². The van der Waals surface area contributed by atoms with Crippen molar-refractivity contribution in [3.05, 3.63) is 53.1 Å². The van der Waals surface area contributed by atoms with Crippen molar-refractivity contribution in [3.8, 4) is 5.75 Å². The summed E-state index contributed by atoms with van der Waals surface area (Å²) in [5.41, 5.74) is 0.211. The van der Waals surface area contributed by atoms with E-state index in [0.29, 0.717) is 10.0 Å². The Morgan fingerprint density at radius 3 is 2.67 bits per heavy atom. The van der Waals surface area contributed by atoms with E-state index in [-0.39, 0.29) is 18.0 Å². The molecule has 0 aliphatic carbocycles. The molecule has 0 fully saturated rings. The fraction of sp³-hybridized carbons (Fsp3) is 0.231. The van der Waals surface area contributed by atoms with E-state index < -0.39 is 11.0 Å². The minimum atomic E-state index is -0.869. The van der Waals surface area contributed by atoms with Gasteiger partial charge in [0.2, 0.25) is 5.75 Å². The summed E-state index contributed by atoms with van der Waals surface area (Å²) in [5.74, 6) is 0.0997. The molecular weight excluding hydrogens is 426 g/mol.